The molecule has 0 saturated heterocycles. The van der Waals surface area contributed by atoms with Gasteiger partial charge in [-0.25, -0.2) is 19.3 Å². The molecule has 0 aliphatic heterocycles. The molecule has 1 N–H and O–H groups in total. The molecular weight excluding hydrogens is 309 g/mol. The minimum atomic E-state index is -0.322. The minimum Gasteiger partial charge on any atom is -0.439 e. The van der Waals surface area contributed by atoms with Gasteiger partial charge in [-0.15, -0.1) is 0 Å². The first-order valence-electron chi connectivity index (χ1n) is 7.08. The molecule has 24 heavy (non-hydrogen) atoms. The molecule has 2 aromatic heterocycles. The Hall–Kier alpha value is -3.53. The maximum absolute atomic E-state index is 12.8. The van der Waals surface area contributed by atoms with Crippen LogP contribution in [0, 0.1) is 17.1 Å². The fourth-order valence-corrected chi connectivity index (χ4v) is 1.93. The Bertz CT molecular complexity index is 859. The number of nitrogens with zero attached hydrogens (tertiary/aromatic N) is 4. The normalized spacial score (nSPS) is 10.0. The predicted molar refractivity (Wildman–Crippen MR) is 84.8 cm³/mol. The number of pyridine rings is 1. The van der Waals surface area contributed by atoms with Gasteiger partial charge < -0.3 is 10.1 Å². The molecule has 0 bridgehead atoms. The summed E-state index contributed by atoms with van der Waals surface area (Å²) in [7, 11) is 0. The molecule has 2 heterocycles. The molecule has 7 heteroatoms. The Morgan fingerprint density at radius 1 is 1.04 bits per heavy atom. The average molecular weight is 321 g/mol. The summed E-state index contributed by atoms with van der Waals surface area (Å²) in [4.78, 5) is 12.2. The molecule has 1 aromatic carbocycles. The van der Waals surface area contributed by atoms with Gasteiger partial charge in [-0.1, -0.05) is 6.07 Å². The molecule has 0 spiro atoms. The van der Waals surface area contributed by atoms with Gasteiger partial charge in [-0.3, -0.25) is 0 Å². The molecule has 0 atom stereocenters. The second-order valence-corrected chi connectivity index (χ2v) is 4.78. The van der Waals surface area contributed by atoms with Gasteiger partial charge in [-0.05, 0) is 29.8 Å². The molecule has 0 saturated carbocycles. The van der Waals surface area contributed by atoms with E-state index in [-0.39, 0.29) is 11.5 Å². The third-order valence-electron chi connectivity index (χ3n) is 3.10. The average Bonchev–Trinajstić information content (AvgIpc) is 2.63. The Kier molecular flexibility index (Phi) is 4.58. The highest BCUT2D eigenvalue weighted by atomic mass is 19.1. The van der Waals surface area contributed by atoms with Crippen molar-refractivity contribution >= 4 is 5.82 Å². The lowest BCUT2D eigenvalue weighted by molar-refractivity contribution is 0.461. The largest absolute Gasteiger partial charge is 0.439 e. The lowest BCUT2D eigenvalue weighted by Gasteiger charge is -2.08. The van der Waals surface area contributed by atoms with Crippen molar-refractivity contribution in [3.05, 3.63) is 72.1 Å². The fourth-order valence-electron chi connectivity index (χ4n) is 1.93. The lowest BCUT2D eigenvalue weighted by Crippen LogP contribution is -2.04. The number of benzene rings is 1. The maximum atomic E-state index is 12.8. The zero-order valence-corrected chi connectivity index (χ0v) is 12.5. The number of halogens is 1. The summed E-state index contributed by atoms with van der Waals surface area (Å²) < 4.78 is 18.4. The van der Waals surface area contributed by atoms with Crippen LogP contribution in [0.3, 0.4) is 0 Å². The summed E-state index contributed by atoms with van der Waals surface area (Å²) in [5, 5.41) is 12.0. The van der Waals surface area contributed by atoms with Crippen LogP contribution in [-0.4, -0.2) is 15.0 Å². The van der Waals surface area contributed by atoms with Crippen molar-refractivity contribution in [3.8, 4) is 17.7 Å². The molecular formula is C17H12FN5O. The smallest absolute Gasteiger partial charge is 0.219 e. The van der Waals surface area contributed by atoms with Gasteiger partial charge in [0.25, 0.3) is 0 Å². The van der Waals surface area contributed by atoms with Crippen molar-refractivity contribution in [1.82, 2.24) is 15.0 Å². The van der Waals surface area contributed by atoms with Crippen LogP contribution < -0.4 is 10.1 Å². The van der Waals surface area contributed by atoms with E-state index in [2.05, 4.69) is 20.3 Å². The highest BCUT2D eigenvalue weighted by Crippen LogP contribution is 2.19. The first-order valence-corrected chi connectivity index (χ1v) is 7.08. The molecule has 118 valence electrons. The van der Waals surface area contributed by atoms with Gasteiger partial charge in [-0.2, -0.15) is 5.26 Å². The number of hydrogen-bond acceptors (Lipinski definition) is 6. The van der Waals surface area contributed by atoms with Crippen LogP contribution >= 0.6 is 0 Å². The number of anilines is 1. The Balaban J connectivity index is 1.62. The first kappa shape index (κ1) is 15.4. The molecule has 0 radical (unpaired) electrons. The lowest BCUT2D eigenvalue weighted by atomic mass is 10.3. The van der Waals surface area contributed by atoms with Crippen molar-refractivity contribution in [2.75, 3.05) is 5.32 Å². The molecule has 0 aliphatic rings. The SMILES string of the molecule is N#Cc1nccnc1NCc1ccc(Oc2ccc(F)cc2)nc1. The van der Waals surface area contributed by atoms with Gasteiger partial charge in [0, 0.05) is 31.2 Å². The molecule has 0 fully saturated rings. The highest BCUT2D eigenvalue weighted by Gasteiger charge is 2.04. The number of ether oxygens (including phenoxy) is 1. The topological polar surface area (TPSA) is 83.7 Å². The molecule has 0 aliphatic carbocycles. The second-order valence-electron chi connectivity index (χ2n) is 4.78. The van der Waals surface area contributed by atoms with Crippen molar-refractivity contribution in [2.24, 2.45) is 0 Å². The highest BCUT2D eigenvalue weighted by molar-refractivity contribution is 5.47. The second kappa shape index (κ2) is 7.15. The number of aromatic nitrogens is 3. The first-order chi connectivity index (χ1) is 11.7. The van der Waals surface area contributed by atoms with Crippen LogP contribution in [0.5, 0.6) is 11.6 Å². The van der Waals surface area contributed by atoms with E-state index in [4.69, 9.17) is 10.00 Å². The van der Waals surface area contributed by atoms with Crippen LogP contribution in [0.25, 0.3) is 0 Å². The standard InChI is InChI=1S/C17H12FN5O/c18-13-2-4-14(5-3-13)24-16-6-1-12(10-22-16)11-23-17-15(9-19)20-7-8-21-17/h1-8,10H,11H2,(H,21,23). The van der Waals surface area contributed by atoms with E-state index in [0.29, 0.717) is 24.0 Å². The van der Waals surface area contributed by atoms with E-state index >= 15 is 0 Å². The van der Waals surface area contributed by atoms with E-state index in [9.17, 15) is 4.39 Å². The summed E-state index contributed by atoms with van der Waals surface area (Å²) in [5.41, 5.74) is 1.12. The van der Waals surface area contributed by atoms with Gasteiger partial charge in [0.1, 0.15) is 17.6 Å². The Morgan fingerprint density at radius 3 is 2.54 bits per heavy atom. The minimum absolute atomic E-state index is 0.238. The molecule has 6 nitrogen and oxygen atoms in total. The zero-order valence-electron chi connectivity index (χ0n) is 12.5. The molecule has 3 rings (SSSR count). The van der Waals surface area contributed by atoms with E-state index < -0.39 is 0 Å². The summed E-state index contributed by atoms with van der Waals surface area (Å²) >= 11 is 0. The summed E-state index contributed by atoms with van der Waals surface area (Å²) in [6, 6.07) is 11.2. The van der Waals surface area contributed by atoms with Gasteiger partial charge in [0.05, 0.1) is 0 Å². The third-order valence-corrected chi connectivity index (χ3v) is 3.10. The van der Waals surface area contributed by atoms with Crippen molar-refractivity contribution < 1.29 is 9.13 Å². The van der Waals surface area contributed by atoms with Crippen LogP contribution in [0.2, 0.25) is 0 Å². The van der Waals surface area contributed by atoms with E-state index in [1.165, 1.54) is 36.7 Å². The van der Waals surface area contributed by atoms with Gasteiger partial charge in [0.2, 0.25) is 5.88 Å². The molecule has 3 aromatic rings. The summed E-state index contributed by atoms with van der Waals surface area (Å²) in [5.74, 6) is 1.01. The molecule has 0 unspecified atom stereocenters. The quantitative estimate of drug-likeness (QED) is 0.776. The van der Waals surface area contributed by atoms with Crippen LogP contribution in [0.1, 0.15) is 11.3 Å². The number of hydrogen-bond donors (Lipinski definition) is 1. The van der Waals surface area contributed by atoms with Gasteiger partial charge >= 0.3 is 0 Å². The number of nitriles is 1. The van der Waals surface area contributed by atoms with Crippen molar-refractivity contribution in [1.29, 1.82) is 5.26 Å². The maximum Gasteiger partial charge on any atom is 0.219 e. The van der Waals surface area contributed by atoms with Crippen LogP contribution in [0.15, 0.2) is 55.0 Å². The number of rotatable bonds is 5. The predicted octanol–water partition coefficient (Wildman–Crippen LogP) is 3.29. The van der Waals surface area contributed by atoms with Gasteiger partial charge in [0.15, 0.2) is 11.5 Å². The van der Waals surface area contributed by atoms with Crippen molar-refractivity contribution in [2.45, 2.75) is 6.54 Å². The van der Waals surface area contributed by atoms with E-state index in [1.54, 1.807) is 12.3 Å². The molecule has 0 amide bonds. The van der Waals surface area contributed by atoms with E-state index in [1.807, 2.05) is 12.1 Å². The Morgan fingerprint density at radius 2 is 1.83 bits per heavy atom. The Labute approximate surface area is 137 Å². The fraction of sp³-hybridized carbons (Fsp3) is 0.0588. The number of nitrogens with one attached hydrogen (secondary N) is 1. The summed E-state index contributed by atoms with van der Waals surface area (Å²) in [6.07, 6.45) is 4.63. The van der Waals surface area contributed by atoms with E-state index in [0.717, 1.165) is 5.56 Å². The zero-order chi connectivity index (χ0) is 16.8. The van der Waals surface area contributed by atoms with Crippen LogP contribution in [0.4, 0.5) is 10.2 Å². The van der Waals surface area contributed by atoms with Crippen molar-refractivity contribution in [3.63, 3.8) is 0 Å². The monoisotopic (exact) mass is 321 g/mol. The van der Waals surface area contributed by atoms with Crippen LogP contribution in [-0.2, 0) is 6.54 Å². The third kappa shape index (κ3) is 3.81. The summed E-state index contributed by atoms with van der Waals surface area (Å²) in [6.45, 7) is 0.442.